The highest BCUT2D eigenvalue weighted by Gasteiger charge is 2.23. The molecule has 1 amide bonds. The zero-order valence-corrected chi connectivity index (χ0v) is 11.4. The van der Waals surface area contributed by atoms with Gasteiger partial charge >= 0.3 is 0 Å². The molecule has 0 unspecified atom stereocenters. The Labute approximate surface area is 102 Å². The predicted molar refractivity (Wildman–Crippen MR) is 64.2 cm³/mol. The van der Waals surface area contributed by atoms with Crippen LogP contribution >= 0.6 is 27.5 Å². The third-order valence-corrected chi connectivity index (χ3v) is 2.72. The summed E-state index contributed by atoms with van der Waals surface area (Å²) < 4.78 is 2.40. The van der Waals surface area contributed by atoms with E-state index in [4.69, 9.17) is 11.6 Å². The Bertz CT molecular complexity index is 395. The second-order valence-electron chi connectivity index (χ2n) is 4.22. The van der Waals surface area contributed by atoms with Gasteiger partial charge in [0, 0.05) is 6.92 Å². The van der Waals surface area contributed by atoms with Gasteiger partial charge in [-0.2, -0.15) is 5.10 Å². The summed E-state index contributed by atoms with van der Waals surface area (Å²) in [6.07, 6.45) is 0. The molecule has 0 radical (unpaired) electrons. The Balaban J connectivity index is 3.21. The van der Waals surface area contributed by atoms with Crippen LogP contribution < -0.4 is 5.32 Å². The molecule has 0 bridgehead atoms. The maximum absolute atomic E-state index is 10.9. The minimum atomic E-state index is -0.195. The van der Waals surface area contributed by atoms with E-state index in [1.54, 1.807) is 4.68 Å². The van der Waals surface area contributed by atoms with Crippen molar-refractivity contribution in [2.75, 3.05) is 5.32 Å². The van der Waals surface area contributed by atoms with Crippen molar-refractivity contribution in [2.24, 2.45) is 0 Å². The first-order valence-corrected chi connectivity index (χ1v) is 5.62. The van der Waals surface area contributed by atoms with Crippen molar-refractivity contribution < 1.29 is 4.79 Å². The van der Waals surface area contributed by atoms with Gasteiger partial charge in [-0.1, -0.05) is 11.6 Å². The van der Waals surface area contributed by atoms with E-state index in [0.29, 0.717) is 10.3 Å². The number of carbonyl (C=O) groups is 1. The number of aromatic nitrogens is 2. The number of hydrogen-bond donors (Lipinski definition) is 1. The Kier molecular flexibility index (Phi) is 3.45. The zero-order chi connectivity index (χ0) is 11.8. The van der Waals surface area contributed by atoms with Crippen LogP contribution in [0.5, 0.6) is 0 Å². The summed E-state index contributed by atoms with van der Waals surface area (Å²) >= 11 is 9.29. The van der Waals surface area contributed by atoms with E-state index < -0.39 is 0 Å². The summed E-state index contributed by atoms with van der Waals surface area (Å²) in [6.45, 7) is 7.42. The van der Waals surface area contributed by atoms with Gasteiger partial charge in [0.15, 0.2) is 5.15 Å². The minimum absolute atomic E-state index is 0.175. The fourth-order valence-electron chi connectivity index (χ4n) is 1.10. The molecule has 6 heteroatoms. The summed E-state index contributed by atoms with van der Waals surface area (Å²) in [5.74, 6) is -0.175. The van der Waals surface area contributed by atoms with Crippen molar-refractivity contribution in [1.29, 1.82) is 0 Å². The van der Waals surface area contributed by atoms with Crippen LogP contribution in [0, 0.1) is 0 Å². The summed E-state index contributed by atoms with van der Waals surface area (Å²) in [4.78, 5) is 10.9. The van der Waals surface area contributed by atoms with Crippen LogP contribution in [-0.2, 0) is 10.3 Å². The van der Waals surface area contributed by atoms with Crippen molar-refractivity contribution in [3.63, 3.8) is 0 Å². The largest absolute Gasteiger partial charge is 0.321 e. The summed E-state index contributed by atoms with van der Waals surface area (Å²) in [6, 6.07) is 0. The molecule has 1 rings (SSSR count). The van der Waals surface area contributed by atoms with Crippen LogP contribution in [-0.4, -0.2) is 15.7 Å². The van der Waals surface area contributed by atoms with Gasteiger partial charge in [0.2, 0.25) is 5.91 Å². The average molecular weight is 295 g/mol. The first-order chi connectivity index (χ1) is 6.73. The lowest BCUT2D eigenvalue weighted by Gasteiger charge is -2.20. The van der Waals surface area contributed by atoms with Crippen molar-refractivity contribution in [1.82, 2.24) is 9.78 Å². The minimum Gasteiger partial charge on any atom is -0.321 e. The molecule has 1 aromatic rings. The number of nitrogens with one attached hydrogen (secondary N) is 1. The number of hydrogen-bond acceptors (Lipinski definition) is 2. The van der Waals surface area contributed by atoms with E-state index in [2.05, 4.69) is 26.3 Å². The molecule has 15 heavy (non-hydrogen) atoms. The van der Waals surface area contributed by atoms with Gasteiger partial charge in [-0.3, -0.25) is 4.79 Å². The molecule has 0 saturated carbocycles. The Morgan fingerprint density at radius 1 is 1.53 bits per heavy atom. The van der Waals surface area contributed by atoms with Crippen LogP contribution in [0.1, 0.15) is 27.7 Å². The van der Waals surface area contributed by atoms with Crippen molar-refractivity contribution >= 4 is 39.1 Å². The third kappa shape index (κ3) is 2.72. The number of carbonyl (C=O) groups excluding carboxylic acids is 1. The average Bonchev–Trinajstić information content (AvgIpc) is 2.30. The molecule has 0 atom stereocenters. The summed E-state index contributed by atoms with van der Waals surface area (Å²) in [7, 11) is 0. The highest BCUT2D eigenvalue weighted by molar-refractivity contribution is 9.10. The van der Waals surface area contributed by atoms with Gasteiger partial charge in [0.1, 0.15) is 10.3 Å². The predicted octanol–water partition coefficient (Wildman–Crippen LogP) is 3.01. The van der Waals surface area contributed by atoms with E-state index in [0.717, 1.165) is 0 Å². The molecule has 0 aliphatic carbocycles. The first-order valence-electron chi connectivity index (χ1n) is 4.45. The standard InChI is InChI=1S/C9H13BrClN3O/c1-5(15)12-6-7(10)14(9(2,3)4)13-8(6)11/h1-4H3,(H,12,15). The zero-order valence-electron chi connectivity index (χ0n) is 9.06. The van der Waals surface area contributed by atoms with Crippen molar-refractivity contribution in [2.45, 2.75) is 33.2 Å². The molecule has 0 aromatic carbocycles. The fraction of sp³-hybridized carbons (Fsp3) is 0.556. The molecule has 1 N–H and O–H groups in total. The van der Waals surface area contributed by atoms with E-state index >= 15 is 0 Å². The molecule has 84 valence electrons. The SMILES string of the molecule is CC(=O)Nc1c(Cl)nn(C(C)(C)C)c1Br. The van der Waals surface area contributed by atoms with Gasteiger partial charge in [0.05, 0.1) is 5.54 Å². The maximum atomic E-state index is 10.9. The monoisotopic (exact) mass is 293 g/mol. The highest BCUT2D eigenvalue weighted by atomic mass is 79.9. The molecule has 0 spiro atoms. The van der Waals surface area contributed by atoms with E-state index in [1.165, 1.54) is 6.92 Å². The summed E-state index contributed by atoms with van der Waals surface area (Å²) in [5.41, 5.74) is 0.318. The molecule has 0 fully saturated rings. The maximum Gasteiger partial charge on any atom is 0.221 e. The number of nitrogens with zero attached hydrogens (tertiary/aromatic N) is 2. The Morgan fingerprint density at radius 3 is 2.40 bits per heavy atom. The van der Waals surface area contributed by atoms with Gasteiger partial charge in [-0.05, 0) is 36.7 Å². The molecule has 0 aliphatic heterocycles. The van der Waals surface area contributed by atoms with Crippen LogP contribution in [0.15, 0.2) is 4.60 Å². The molecule has 0 saturated heterocycles. The number of rotatable bonds is 1. The molecule has 1 aromatic heterocycles. The Hall–Kier alpha value is -0.550. The van der Waals surface area contributed by atoms with Crippen LogP contribution in [0.2, 0.25) is 5.15 Å². The van der Waals surface area contributed by atoms with Crippen molar-refractivity contribution in [3.05, 3.63) is 9.76 Å². The van der Waals surface area contributed by atoms with Gasteiger partial charge < -0.3 is 5.32 Å². The third-order valence-electron chi connectivity index (χ3n) is 1.72. The lowest BCUT2D eigenvalue weighted by atomic mass is 10.1. The highest BCUT2D eigenvalue weighted by Crippen LogP contribution is 2.33. The second kappa shape index (κ2) is 4.14. The number of amides is 1. The van der Waals surface area contributed by atoms with E-state index in [1.807, 2.05) is 20.8 Å². The topological polar surface area (TPSA) is 46.9 Å². The Morgan fingerprint density at radius 2 is 2.07 bits per heavy atom. The molecular formula is C9H13BrClN3O. The first kappa shape index (κ1) is 12.5. The lowest BCUT2D eigenvalue weighted by Crippen LogP contribution is -2.23. The van der Waals surface area contributed by atoms with Gasteiger partial charge in [-0.15, -0.1) is 0 Å². The van der Waals surface area contributed by atoms with Gasteiger partial charge in [-0.25, -0.2) is 4.68 Å². The van der Waals surface area contributed by atoms with Crippen LogP contribution in [0.4, 0.5) is 5.69 Å². The molecule has 4 nitrogen and oxygen atoms in total. The molecule has 1 heterocycles. The number of anilines is 1. The van der Waals surface area contributed by atoms with Crippen LogP contribution in [0.3, 0.4) is 0 Å². The van der Waals surface area contributed by atoms with Crippen molar-refractivity contribution in [3.8, 4) is 0 Å². The van der Waals surface area contributed by atoms with Gasteiger partial charge in [0.25, 0.3) is 0 Å². The normalized spacial score (nSPS) is 11.6. The van der Waals surface area contributed by atoms with Crippen LogP contribution in [0.25, 0.3) is 0 Å². The van der Waals surface area contributed by atoms with E-state index in [-0.39, 0.29) is 16.6 Å². The quantitative estimate of drug-likeness (QED) is 0.865. The lowest BCUT2D eigenvalue weighted by molar-refractivity contribution is -0.114. The number of halogens is 2. The second-order valence-corrected chi connectivity index (χ2v) is 5.33. The fourth-order valence-corrected chi connectivity index (χ4v) is 2.32. The molecular weight excluding hydrogens is 281 g/mol. The smallest absolute Gasteiger partial charge is 0.221 e. The summed E-state index contributed by atoms with van der Waals surface area (Å²) in [5, 5.41) is 7.07. The molecule has 0 aliphatic rings. The van der Waals surface area contributed by atoms with E-state index in [9.17, 15) is 4.79 Å².